The van der Waals surface area contributed by atoms with Crippen molar-refractivity contribution in [2.45, 2.75) is 19.5 Å². The summed E-state index contributed by atoms with van der Waals surface area (Å²) in [5.74, 6) is 1.02. The van der Waals surface area contributed by atoms with E-state index in [9.17, 15) is 13.2 Å². The van der Waals surface area contributed by atoms with Gasteiger partial charge in [0.05, 0.1) is 33.3 Å². The molecule has 2 aromatic rings. The van der Waals surface area contributed by atoms with E-state index < -0.39 is 22.0 Å². The number of sulfonamides is 1. The lowest BCUT2D eigenvalue weighted by molar-refractivity contribution is -0.122. The molecule has 1 N–H and O–H groups in total. The van der Waals surface area contributed by atoms with Crippen molar-refractivity contribution in [1.82, 2.24) is 5.32 Å². The number of hydrogen-bond donors (Lipinski definition) is 1. The largest absolute Gasteiger partial charge is 0.497 e. The van der Waals surface area contributed by atoms with Gasteiger partial charge in [-0.1, -0.05) is 12.1 Å². The van der Waals surface area contributed by atoms with Crippen LogP contribution in [0.15, 0.2) is 42.5 Å². The van der Waals surface area contributed by atoms with Crippen LogP contribution in [-0.4, -0.2) is 48.0 Å². The van der Waals surface area contributed by atoms with E-state index in [1.165, 1.54) is 27.2 Å². The van der Waals surface area contributed by atoms with Gasteiger partial charge in [-0.3, -0.25) is 9.10 Å². The van der Waals surface area contributed by atoms with Crippen molar-refractivity contribution < 1.29 is 27.4 Å². The Morgan fingerprint density at radius 1 is 1.00 bits per heavy atom. The quantitative estimate of drug-likeness (QED) is 0.666. The lowest BCUT2D eigenvalue weighted by atomic mass is 10.2. The third kappa shape index (κ3) is 5.54. The molecule has 8 nitrogen and oxygen atoms in total. The standard InChI is InChI=1S/C20H26N2O6S/c1-14(20(23)21-13-15-6-8-16(26-2)9-7-15)22(29(5,24)25)18-12-17(27-3)10-11-19(18)28-4/h6-12,14H,13H2,1-5H3,(H,21,23). The minimum atomic E-state index is -3.79. The first kappa shape index (κ1) is 22.4. The third-order valence-corrected chi connectivity index (χ3v) is 5.57. The zero-order valence-electron chi connectivity index (χ0n) is 17.1. The van der Waals surface area contributed by atoms with Gasteiger partial charge in [-0.05, 0) is 36.8 Å². The summed E-state index contributed by atoms with van der Waals surface area (Å²) < 4.78 is 41.7. The van der Waals surface area contributed by atoms with Crippen molar-refractivity contribution in [2.75, 3.05) is 31.9 Å². The summed E-state index contributed by atoms with van der Waals surface area (Å²) in [5, 5.41) is 2.77. The summed E-state index contributed by atoms with van der Waals surface area (Å²) in [7, 11) is 0.687. The molecular formula is C20H26N2O6S. The normalized spacial score (nSPS) is 12.0. The summed E-state index contributed by atoms with van der Waals surface area (Å²) in [6.07, 6.45) is 1.04. The number of nitrogens with zero attached hydrogens (tertiary/aromatic N) is 1. The second-order valence-corrected chi connectivity index (χ2v) is 8.20. The minimum absolute atomic E-state index is 0.224. The van der Waals surface area contributed by atoms with Crippen LogP contribution in [0.1, 0.15) is 12.5 Å². The zero-order chi connectivity index (χ0) is 21.6. The van der Waals surface area contributed by atoms with Gasteiger partial charge < -0.3 is 19.5 Å². The van der Waals surface area contributed by atoms with Crippen LogP contribution in [0.4, 0.5) is 5.69 Å². The van der Waals surface area contributed by atoms with Crippen molar-refractivity contribution in [3.8, 4) is 17.2 Å². The van der Waals surface area contributed by atoms with Crippen molar-refractivity contribution in [2.24, 2.45) is 0 Å². The number of methoxy groups -OCH3 is 3. The van der Waals surface area contributed by atoms with Crippen LogP contribution >= 0.6 is 0 Å². The average molecular weight is 423 g/mol. The number of ether oxygens (including phenoxy) is 3. The first-order chi connectivity index (χ1) is 13.7. The van der Waals surface area contributed by atoms with Crippen LogP contribution in [-0.2, 0) is 21.4 Å². The Morgan fingerprint density at radius 3 is 2.10 bits per heavy atom. The lowest BCUT2D eigenvalue weighted by Crippen LogP contribution is -2.47. The Morgan fingerprint density at radius 2 is 1.59 bits per heavy atom. The first-order valence-corrected chi connectivity index (χ1v) is 10.7. The molecule has 0 heterocycles. The second-order valence-electron chi connectivity index (χ2n) is 6.34. The number of anilines is 1. The molecule has 2 aromatic carbocycles. The Hall–Kier alpha value is -2.94. The highest BCUT2D eigenvalue weighted by molar-refractivity contribution is 7.92. The monoisotopic (exact) mass is 422 g/mol. The van der Waals surface area contributed by atoms with Crippen molar-refractivity contribution in [3.63, 3.8) is 0 Å². The van der Waals surface area contributed by atoms with Gasteiger partial charge in [-0.15, -0.1) is 0 Å². The van der Waals surface area contributed by atoms with Crippen LogP contribution in [0.2, 0.25) is 0 Å². The molecule has 0 aromatic heterocycles. The molecular weight excluding hydrogens is 396 g/mol. The van der Waals surface area contributed by atoms with Gasteiger partial charge in [0.25, 0.3) is 0 Å². The number of rotatable bonds is 9. The van der Waals surface area contributed by atoms with Crippen molar-refractivity contribution >= 4 is 21.6 Å². The van der Waals surface area contributed by atoms with Crippen LogP contribution in [0, 0.1) is 0 Å². The van der Waals surface area contributed by atoms with Gasteiger partial charge in [-0.25, -0.2) is 8.42 Å². The Balaban J connectivity index is 2.27. The number of amides is 1. The summed E-state index contributed by atoms with van der Waals surface area (Å²) in [5.41, 5.74) is 1.08. The van der Waals surface area contributed by atoms with Crippen molar-refractivity contribution in [1.29, 1.82) is 0 Å². The number of carbonyl (C=O) groups is 1. The molecule has 0 bridgehead atoms. The van der Waals surface area contributed by atoms with Gasteiger partial charge in [0.15, 0.2) is 0 Å². The number of benzene rings is 2. The predicted octanol–water partition coefficient (Wildman–Crippen LogP) is 2.18. The fraction of sp³-hybridized carbons (Fsp3) is 0.350. The fourth-order valence-corrected chi connectivity index (χ4v) is 4.00. The summed E-state index contributed by atoms with van der Waals surface area (Å²) in [4.78, 5) is 12.7. The molecule has 0 fully saturated rings. The Bertz CT molecular complexity index is 944. The molecule has 0 saturated carbocycles. The smallest absolute Gasteiger partial charge is 0.243 e. The molecule has 1 amide bonds. The molecule has 0 spiro atoms. The maximum atomic E-state index is 12.7. The lowest BCUT2D eigenvalue weighted by Gasteiger charge is -2.29. The van der Waals surface area contributed by atoms with Crippen LogP contribution < -0.4 is 23.8 Å². The van der Waals surface area contributed by atoms with E-state index >= 15 is 0 Å². The zero-order valence-corrected chi connectivity index (χ0v) is 17.9. The van der Waals surface area contributed by atoms with E-state index in [0.717, 1.165) is 16.1 Å². The van der Waals surface area contributed by atoms with Gasteiger partial charge in [0.1, 0.15) is 23.3 Å². The fourth-order valence-electron chi connectivity index (χ4n) is 2.83. The molecule has 0 saturated heterocycles. The summed E-state index contributed by atoms with van der Waals surface area (Å²) >= 11 is 0. The molecule has 1 atom stereocenters. The Kier molecular flexibility index (Phi) is 7.33. The maximum Gasteiger partial charge on any atom is 0.243 e. The highest BCUT2D eigenvalue weighted by Crippen LogP contribution is 2.35. The first-order valence-electron chi connectivity index (χ1n) is 8.83. The molecule has 29 heavy (non-hydrogen) atoms. The van der Waals surface area contributed by atoms with Crippen LogP contribution in [0.3, 0.4) is 0 Å². The molecule has 0 radical (unpaired) electrons. The Labute approximate surface area is 171 Å². The molecule has 9 heteroatoms. The summed E-state index contributed by atoms with van der Waals surface area (Å²) in [6, 6.07) is 11.0. The van der Waals surface area contributed by atoms with Gasteiger partial charge in [-0.2, -0.15) is 0 Å². The molecule has 0 aliphatic heterocycles. The molecule has 0 aliphatic rings. The second kappa shape index (κ2) is 9.51. The van der Waals surface area contributed by atoms with Gasteiger partial charge in [0, 0.05) is 12.6 Å². The van der Waals surface area contributed by atoms with Crippen molar-refractivity contribution in [3.05, 3.63) is 48.0 Å². The molecule has 158 valence electrons. The van der Waals surface area contributed by atoms with Crippen LogP contribution in [0.25, 0.3) is 0 Å². The maximum absolute atomic E-state index is 12.7. The molecule has 2 rings (SSSR count). The number of hydrogen-bond acceptors (Lipinski definition) is 6. The van der Waals surface area contributed by atoms with E-state index in [-0.39, 0.29) is 12.2 Å². The van der Waals surface area contributed by atoms with Gasteiger partial charge in [0.2, 0.25) is 15.9 Å². The van der Waals surface area contributed by atoms with E-state index in [4.69, 9.17) is 14.2 Å². The van der Waals surface area contributed by atoms with Gasteiger partial charge >= 0.3 is 0 Å². The van der Waals surface area contributed by atoms with E-state index in [1.807, 2.05) is 12.1 Å². The highest BCUT2D eigenvalue weighted by atomic mass is 32.2. The van der Waals surface area contributed by atoms with Crippen LogP contribution in [0.5, 0.6) is 17.2 Å². The average Bonchev–Trinajstić information content (AvgIpc) is 2.71. The molecule has 0 aliphatic carbocycles. The van der Waals surface area contributed by atoms with E-state index in [1.54, 1.807) is 31.4 Å². The third-order valence-electron chi connectivity index (χ3n) is 4.34. The number of nitrogens with one attached hydrogen (secondary N) is 1. The highest BCUT2D eigenvalue weighted by Gasteiger charge is 2.31. The summed E-state index contributed by atoms with van der Waals surface area (Å²) in [6.45, 7) is 1.77. The van der Waals surface area contributed by atoms with E-state index in [0.29, 0.717) is 17.2 Å². The molecule has 1 unspecified atom stereocenters. The predicted molar refractivity (Wildman–Crippen MR) is 111 cm³/mol. The number of carbonyl (C=O) groups excluding carboxylic acids is 1. The SMILES string of the molecule is COc1ccc(CNC(=O)C(C)N(c2cc(OC)ccc2OC)S(C)(=O)=O)cc1. The minimum Gasteiger partial charge on any atom is -0.497 e. The topological polar surface area (TPSA) is 94.2 Å². The van der Waals surface area contributed by atoms with E-state index in [2.05, 4.69) is 5.32 Å².